The standard InChI is InChI=1S/C20H26BN3O5/c1-12(2)18(21(28)29)24-20(27)17(13(3)25)23-19(26)16-11-7-10-15(22-16)14-8-5-4-6-9-14/h4-13,17-18,25,28-29H,1-3H3,(H,23,26)(H,24,27)/t13-,17+,18+/m1/s1. The first kappa shape index (κ1) is 22.5. The Morgan fingerprint density at radius 2 is 1.62 bits per heavy atom. The number of aromatic nitrogens is 1. The molecule has 0 radical (unpaired) electrons. The Morgan fingerprint density at radius 1 is 0.966 bits per heavy atom. The van der Waals surface area contributed by atoms with E-state index in [9.17, 15) is 24.7 Å². The van der Waals surface area contributed by atoms with E-state index in [0.29, 0.717) is 5.69 Å². The van der Waals surface area contributed by atoms with E-state index in [-0.39, 0.29) is 11.6 Å². The average molecular weight is 399 g/mol. The van der Waals surface area contributed by atoms with E-state index in [2.05, 4.69) is 15.6 Å². The van der Waals surface area contributed by atoms with Gasteiger partial charge in [0, 0.05) is 5.56 Å². The Bertz CT molecular complexity index is 822. The highest BCUT2D eigenvalue weighted by molar-refractivity contribution is 6.43. The maximum absolute atomic E-state index is 12.6. The maximum atomic E-state index is 12.6. The van der Waals surface area contributed by atoms with E-state index in [4.69, 9.17) is 0 Å². The zero-order valence-corrected chi connectivity index (χ0v) is 16.6. The van der Waals surface area contributed by atoms with E-state index in [1.807, 2.05) is 30.3 Å². The van der Waals surface area contributed by atoms with Gasteiger partial charge in [0.2, 0.25) is 5.91 Å². The van der Waals surface area contributed by atoms with Gasteiger partial charge in [-0.1, -0.05) is 50.2 Å². The highest BCUT2D eigenvalue weighted by Crippen LogP contribution is 2.16. The molecule has 0 saturated carbocycles. The highest BCUT2D eigenvalue weighted by Gasteiger charge is 2.33. The summed E-state index contributed by atoms with van der Waals surface area (Å²) < 4.78 is 0. The van der Waals surface area contributed by atoms with Crippen molar-refractivity contribution in [2.45, 2.75) is 38.9 Å². The van der Waals surface area contributed by atoms with Crippen molar-refractivity contribution in [2.75, 3.05) is 0 Å². The predicted octanol–water partition coefficient (Wildman–Crippen LogP) is 0.381. The molecule has 2 rings (SSSR count). The van der Waals surface area contributed by atoms with Gasteiger partial charge in [0.05, 0.1) is 17.7 Å². The summed E-state index contributed by atoms with van der Waals surface area (Å²) in [5, 5.41) is 33.8. The van der Waals surface area contributed by atoms with Crippen molar-refractivity contribution in [1.82, 2.24) is 15.6 Å². The molecule has 0 bridgehead atoms. The topological polar surface area (TPSA) is 132 Å². The highest BCUT2D eigenvalue weighted by atomic mass is 16.4. The summed E-state index contributed by atoms with van der Waals surface area (Å²) in [6.07, 6.45) is -1.21. The van der Waals surface area contributed by atoms with Gasteiger partial charge >= 0.3 is 7.12 Å². The van der Waals surface area contributed by atoms with Crippen LogP contribution in [0, 0.1) is 5.92 Å². The molecule has 1 aromatic carbocycles. The fourth-order valence-electron chi connectivity index (χ4n) is 2.79. The summed E-state index contributed by atoms with van der Waals surface area (Å²) >= 11 is 0. The number of aliphatic hydroxyl groups excluding tert-OH is 1. The number of rotatable bonds is 8. The van der Waals surface area contributed by atoms with Crippen LogP contribution in [-0.4, -0.2) is 57.2 Å². The monoisotopic (exact) mass is 399 g/mol. The molecule has 8 nitrogen and oxygen atoms in total. The summed E-state index contributed by atoms with van der Waals surface area (Å²) in [4.78, 5) is 29.5. The van der Waals surface area contributed by atoms with Crippen molar-refractivity contribution >= 4 is 18.9 Å². The van der Waals surface area contributed by atoms with Crippen LogP contribution >= 0.6 is 0 Å². The fourth-order valence-corrected chi connectivity index (χ4v) is 2.79. The maximum Gasteiger partial charge on any atom is 0.475 e. The lowest BCUT2D eigenvalue weighted by atomic mass is 9.73. The average Bonchev–Trinajstić information content (AvgIpc) is 2.69. The van der Waals surface area contributed by atoms with Crippen molar-refractivity contribution in [2.24, 2.45) is 5.92 Å². The van der Waals surface area contributed by atoms with E-state index >= 15 is 0 Å². The van der Waals surface area contributed by atoms with Crippen molar-refractivity contribution in [3.63, 3.8) is 0 Å². The molecule has 3 atom stereocenters. The molecule has 0 fully saturated rings. The number of benzene rings is 1. The van der Waals surface area contributed by atoms with E-state index in [1.54, 1.807) is 26.0 Å². The second-order valence-electron chi connectivity index (χ2n) is 7.16. The van der Waals surface area contributed by atoms with Gasteiger partial charge in [0.1, 0.15) is 11.7 Å². The van der Waals surface area contributed by atoms with Crippen molar-refractivity contribution in [1.29, 1.82) is 0 Å². The lowest BCUT2D eigenvalue weighted by molar-refractivity contribution is -0.126. The van der Waals surface area contributed by atoms with Gasteiger partial charge in [-0.25, -0.2) is 4.98 Å². The number of hydrogen-bond donors (Lipinski definition) is 5. The van der Waals surface area contributed by atoms with Gasteiger partial charge < -0.3 is 25.8 Å². The smallest absolute Gasteiger partial charge is 0.426 e. The first-order valence-electron chi connectivity index (χ1n) is 9.38. The van der Waals surface area contributed by atoms with Gasteiger partial charge in [0.15, 0.2) is 0 Å². The van der Waals surface area contributed by atoms with Crippen molar-refractivity contribution < 1.29 is 24.7 Å². The zero-order valence-electron chi connectivity index (χ0n) is 16.6. The molecular weight excluding hydrogens is 373 g/mol. The number of hydrogen-bond acceptors (Lipinski definition) is 6. The molecule has 1 heterocycles. The molecule has 0 saturated heterocycles. The lowest BCUT2D eigenvalue weighted by Gasteiger charge is -2.26. The molecule has 5 N–H and O–H groups in total. The summed E-state index contributed by atoms with van der Waals surface area (Å²) in [6.45, 7) is 4.77. The SMILES string of the molecule is CC(C)[C@H](NC(=O)[C@@H](NC(=O)c1cccc(-c2ccccc2)n1)[C@@H](C)O)B(O)O. The zero-order chi connectivity index (χ0) is 21.6. The molecule has 0 spiro atoms. The van der Waals surface area contributed by atoms with Crippen LogP contribution < -0.4 is 10.6 Å². The van der Waals surface area contributed by atoms with Gasteiger partial charge in [0.25, 0.3) is 5.91 Å². The van der Waals surface area contributed by atoms with Gasteiger partial charge in [-0.05, 0) is 25.0 Å². The third-order valence-corrected chi connectivity index (χ3v) is 4.45. The summed E-state index contributed by atoms with van der Waals surface area (Å²) in [6, 6.07) is 13.0. The van der Waals surface area contributed by atoms with Crippen LogP contribution in [0.1, 0.15) is 31.3 Å². The number of nitrogens with one attached hydrogen (secondary N) is 2. The molecular formula is C20H26BN3O5. The van der Waals surface area contributed by atoms with Crippen LogP contribution in [-0.2, 0) is 4.79 Å². The quantitative estimate of drug-likeness (QED) is 0.408. The Balaban J connectivity index is 2.16. The van der Waals surface area contributed by atoms with Crippen LogP contribution in [0.5, 0.6) is 0 Å². The number of carbonyl (C=O) groups excluding carboxylic acids is 2. The molecule has 0 aliphatic carbocycles. The minimum atomic E-state index is -1.77. The number of amides is 2. The summed E-state index contributed by atoms with van der Waals surface area (Å²) in [7, 11) is -1.77. The number of pyridine rings is 1. The minimum Gasteiger partial charge on any atom is -0.426 e. The Labute approximate surface area is 170 Å². The van der Waals surface area contributed by atoms with Crippen LogP contribution in [0.4, 0.5) is 0 Å². The van der Waals surface area contributed by atoms with Gasteiger partial charge in [-0.15, -0.1) is 0 Å². The molecule has 9 heteroatoms. The van der Waals surface area contributed by atoms with E-state index < -0.39 is 37.0 Å². The molecule has 29 heavy (non-hydrogen) atoms. The summed E-state index contributed by atoms with van der Waals surface area (Å²) in [5.74, 6) is -2.57. The normalized spacial score (nSPS) is 14.0. The molecule has 0 aliphatic rings. The molecule has 0 aliphatic heterocycles. The van der Waals surface area contributed by atoms with Crippen molar-refractivity contribution in [3.05, 3.63) is 54.2 Å². The third-order valence-electron chi connectivity index (χ3n) is 4.45. The Hall–Kier alpha value is -2.75. The molecule has 154 valence electrons. The van der Waals surface area contributed by atoms with Crippen molar-refractivity contribution in [3.8, 4) is 11.3 Å². The van der Waals surface area contributed by atoms with Crippen LogP contribution in [0.3, 0.4) is 0 Å². The molecule has 2 aromatic rings. The Kier molecular flexibility index (Phi) is 7.89. The fraction of sp³-hybridized carbons (Fsp3) is 0.350. The van der Waals surface area contributed by atoms with Crippen LogP contribution in [0.15, 0.2) is 48.5 Å². The van der Waals surface area contributed by atoms with E-state index in [1.165, 1.54) is 13.0 Å². The molecule has 0 unspecified atom stereocenters. The number of carbonyl (C=O) groups is 2. The van der Waals surface area contributed by atoms with Crippen LogP contribution in [0.2, 0.25) is 0 Å². The van der Waals surface area contributed by atoms with E-state index in [0.717, 1.165) is 5.56 Å². The second kappa shape index (κ2) is 10.2. The predicted molar refractivity (Wildman–Crippen MR) is 110 cm³/mol. The second-order valence-corrected chi connectivity index (χ2v) is 7.16. The molecule has 2 amide bonds. The third kappa shape index (κ3) is 6.12. The number of aliphatic hydroxyl groups is 1. The lowest BCUT2D eigenvalue weighted by Crippen LogP contribution is -2.58. The first-order valence-corrected chi connectivity index (χ1v) is 9.38. The molecule has 1 aromatic heterocycles. The largest absolute Gasteiger partial charge is 0.475 e. The van der Waals surface area contributed by atoms with Crippen LogP contribution in [0.25, 0.3) is 11.3 Å². The minimum absolute atomic E-state index is 0.0902. The first-order chi connectivity index (χ1) is 13.7. The Morgan fingerprint density at radius 3 is 2.17 bits per heavy atom. The summed E-state index contributed by atoms with van der Waals surface area (Å²) in [5.41, 5.74) is 1.52. The van der Waals surface area contributed by atoms with Gasteiger partial charge in [-0.2, -0.15) is 0 Å². The van der Waals surface area contributed by atoms with Gasteiger partial charge in [-0.3, -0.25) is 9.59 Å². The number of nitrogens with zero attached hydrogens (tertiary/aromatic N) is 1.